The number of nitrogens with zero attached hydrogens (tertiary/aromatic N) is 3. The highest BCUT2D eigenvalue weighted by atomic mass is 127. The predicted octanol–water partition coefficient (Wildman–Crippen LogP) is 2.63. The molecule has 0 saturated carbocycles. The number of thioether (sulfide) groups is 1. The zero-order chi connectivity index (χ0) is 20.4. The molecule has 1 saturated heterocycles. The summed E-state index contributed by atoms with van der Waals surface area (Å²) in [7, 11) is -3.23. The van der Waals surface area contributed by atoms with Crippen LogP contribution in [0.3, 0.4) is 0 Å². The summed E-state index contributed by atoms with van der Waals surface area (Å²) >= 11 is 1.80. The number of guanidine groups is 1. The Hall–Kier alpha value is -0.530. The third-order valence-electron chi connectivity index (χ3n) is 4.73. The van der Waals surface area contributed by atoms with Gasteiger partial charge in [-0.2, -0.15) is 11.8 Å². The smallest absolute Gasteiger partial charge is 0.215 e. The molecule has 0 aromatic carbocycles. The molecule has 0 amide bonds. The molecule has 0 aliphatic carbocycles. The van der Waals surface area contributed by atoms with Crippen LogP contribution in [0.1, 0.15) is 51.0 Å². The minimum Gasteiger partial charge on any atom is -0.359 e. The summed E-state index contributed by atoms with van der Waals surface area (Å²) in [4.78, 5) is 4.49. The van der Waals surface area contributed by atoms with Crippen molar-refractivity contribution in [1.82, 2.24) is 20.1 Å². The first-order chi connectivity index (χ1) is 13.5. The van der Waals surface area contributed by atoms with Crippen LogP contribution in [0, 0.1) is 0 Å². The Morgan fingerprint density at radius 2 is 1.97 bits per heavy atom. The van der Waals surface area contributed by atoms with Crippen molar-refractivity contribution in [3.05, 3.63) is 17.5 Å². The third-order valence-corrected chi connectivity index (χ3v) is 7.55. The number of rotatable bonds is 10. The molecule has 1 aromatic rings. The second-order valence-electron chi connectivity index (χ2n) is 6.68. The van der Waals surface area contributed by atoms with E-state index in [-0.39, 0.29) is 29.7 Å². The predicted molar refractivity (Wildman–Crippen MR) is 131 cm³/mol. The van der Waals surface area contributed by atoms with Gasteiger partial charge in [0.05, 0.1) is 11.4 Å². The number of aromatic nitrogens is 1. The van der Waals surface area contributed by atoms with Gasteiger partial charge in [0.1, 0.15) is 6.54 Å². The van der Waals surface area contributed by atoms with Gasteiger partial charge in [-0.1, -0.05) is 19.0 Å². The highest BCUT2D eigenvalue weighted by molar-refractivity contribution is 14.0. The topological polar surface area (TPSA) is 99.8 Å². The van der Waals surface area contributed by atoms with Crippen LogP contribution in [0.5, 0.6) is 0 Å². The van der Waals surface area contributed by atoms with Crippen molar-refractivity contribution in [3.63, 3.8) is 0 Å². The van der Waals surface area contributed by atoms with Crippen LogP contribution >= 0.6 is 35.7 Å². The maximum Gasteiger partial charge on any atom is 0.215 e. The number of aliphatic imine (C=N–C) groups is 1. The molecule has 2 N–H and O–H groups in total. The Balaban J connectivity index is 0.00000420. The van der Waals surface area contributed by atoms with E-state index in [1.807, 2.05) is 13.0 Å². The lowest BCUT2D eigenvalue weighted by molar-refractivity contribution is 0.372. The van der Waals surface area contributed by atoms with E-state index in [1.165, 1.54) is 0 Å². The Labute approximate surface area is 196 Å². The third kappa shape index (κ3) is 8.62. The molecular formula is C18H34IN5O3S2. The lowest BCUT2D eigenvalue weighted by atomic mass is 9.99. The summed E-state index contributed by atoms with van der Waals surface area (Å²) in [6.07, 6.45) is 2.06. The van der Waals surface area contributed by atoms with Crippen molar-refractivity contribution >= 4 is 51.7 Å². The van der Waals surface area contributed by atoms with Gasteiger partial charge in [-0.05, 0) is 19.8 Å². The number of sulfonamides is 1. The van der Waals surface area contributed by atoms with Gasteiger partial charge in [-0.25, -0.2) is 17.7 Å². The molecule has 2 heterocycles. The standard InChI is InChI=1S/C18H33N5O3S2.HI/c1-4-15(5-2)17-13-16(26-22-17)14-21-18(19-6-3)20-7-12-28(24,25)23-8-10-27-11-9-23;/h13,15H,4-12,14H2,1-3H3,(H2,19,20,21);1H. The summed E-state index contributed by atoms with van der Waals surface area (Å²) in [6, 6.07) is 1.96. The van der Waals surface area contributed by atoms with Crippen LogP contribution in [-0.2, 0) is 16.6 Å². The minimum atomic E-state index is -3.23. The average Bonchev–Trinajstić information content (AvgIpc) is 3.16. The normalized spacial score (nSPS) is 15.9. The quantitative estimate of drug-likeness (QED) is 0.258. The number of halogens is 1. The highest BCUT2D eigenvalue weighted by Gasteiger charge is 2.23. The zero-order valence-corrected chi connectivity index (χ0v) is 21.5. The van der Waals surface area contributed by atoms with Crippen LogP contribution < -0.4 is 10.6 Å². The molecule has 0 bridgehead atoms. The van der Waals surface area contributed by atoms with E-state index in [2.05, 4.69) is 34.6 Å². The fourth-order valence-electron chi connectivity index (χ4n) is 3.05. The van der Waals surface area contributed by atoms with Crippen molar-refractivity contribution in [2.24, 2.45) is 4.99 Å². The minimum absolute atomic E-state index is 0. The van der Waals surface area contributed by atoms with E-state index < -0.39 is 10.0 Å². The number of nitrogens with one attached hydrogen (secondary N) is 2. The van der Waals surface area contributed by atoms with E-state index >= 15 is 0 Å². The summed E-state index contributed by atoms with van der Waals surface area (Å²) in [5.74, 6) is 3.49. The van der Waals surface area contributed by atoms with Gasteiger partial charge in [-0.3, -0.25) is 0 Å². The van der Waals surface area contributed by atoms with E-state index in [4.69, 9.17) is 4.52 Å². The lowest BCUT2D eigenvalue weighted by Crippen LogP contribution is -2.44. The first-order valence-electron chi connectivity index (χ1n) is 10.0. The first-order valence-corrected chi connectivity index (χ1v) is 12.8. The lowest BCUT2D eigenvalue weighted by Gasteiger charge is -2.25. The molecule has 8 nitrogen and oxygen atoms in total. The van der Waals surface area contributed by atoms with Gasteiger partial charge in [0.2, 0.25) is 10.0 Å². The first kappa shape index (κ1) is 26.5. The largest absolute Gasteiger partial charge is 0.359 e. The Morgan fingerprint density at radius 1 is 1.28 bits per heavy atom. The molecular weight excluding hydrogens is 525 g/mol. The molecule has 11 heteroatoms. The summed E-state index contributed by atoms with van der Waals surface area (Å²) in [5.41, 5.74) is 0.971. The van der Waals surface area contributed by atoms with Gasteiger partial charge in [0.15, 0.2) is 11.7 Å². The van der Waals surface area contributed by atoms with Crippen LogP contribution in [0.2, 0.25) is 0 Å². The maximum atomic E-state index is 12.4. The molecule has 2 rings (SSSR count). The SMILES string of the molecule is CCNC(=NCc1cc(C(CC)CC)no1)NCCS(=O)(=O)N1CCSCC1.I. The summed E-state index contributed by atoms with van der Waals surface area (Å²) in [5, 5.41) is 10.4. The van der Waals surface area contributed by atoms with Crippen molar-refractivity contribution in [3.8, 4) is 0 Å². The molecule has 168 valence electrons. The van der Waals surface area contributed by atoms with Crippen LogP contribution in [0.25, 0.3) is 0 Å². The number of hydrogen-bond donors (Lipinski definition) is 2. The molecule has 0 radical (unpaired) electrons. The van der Waals surface area contributed by atoms with Crippen molar-refractivity contribution < 1.29 is 12.9 Å². The van der Waals surface area contributed by atoms with Gasteiger partial charge in [0.25, 0.3) is 0 Å². The Bertz CT molecular complexity index is 717. The van der Waals surface area contributed by atoms with Crippen molar-refractivity contribution in [2.45, 2.75) is 46.1 Å². The Kier molecular flexibility index (Phi) is 12.5. The summed E-state index contributed by atoms with van der Waals surface area (Å²) in [6.45, 7) is 8.83. The van der Waals surface area contributed by atoms with E-state index in [0.29, 0.717) is 50.4 Å². The molecule has 1 aliphatic heterocycles. The molecule has 0 unspecified atom stereocenters. The molecule has 1 aliphatic rings. The monoisotopic (exact) mass is 559 g/mol. The highest BCUT2D eigenvalue weighted by Crippen LogP contribution is 2.22. The summed E-state index contributed by atoms with van der Waals surface area (Å²) < 4.78 is 31.8. The van der Waals surface area contributed by atoms with Crippen LogP contribution in [-0.4, -0.2) is 67.3 Å². The fourth-order valence-corrected chi connectivity index (χ4v) is 5.55. The number of hydrogen-bond acceptors (Lipinski definition) is 6. The van der Waals surface area contributed by atoms with Crippen LogP contribution in [0.15, 0.2) is 15.6 Å². The molecule has 1 aromatic heterocycles. The van der Waals surface area contributed by atoms with E-state index in [9.17, 15) is 8.42 Å². The van der Waals surface area contributed by atoms with Gasteiger partial charge in [-0.15, -0.1) is 24.0 Å². The van der Waals surface area contributed by atoms with Crippen molar-refractivity contribution in [2.75, 3.05) is 43.4 Å². The van der Waals surface area contributed by atoms with Crippen molar-refractivity contribution in [1.29, 1.82) is 0 Å². The van der Waals surface area contributed by atoms with Gasteiger partial charge in [0, 0.05) is 49.7 Å². The van der Waals surface area contributed by atoms with E-state index in [1.54, 1.807) is 16.1 Å². The Morgan fingerprint density at radius 3 is 2.59 bits per heavy atom. The van der Waals surface area contributed by atoms with E-state index in [0.717, 1.165) is 30.0 Å². The fraction of sp³-hybridized carbons (Fsp3) is 0.778. The molecule has 0 spiro atoms. The zero-order valence-electron chi connectivity index (χ0n) is 17.5. The molecule has 1 fully saturated rings. The maximum absolute atomic E-state index is 12.4. The van der Waals surface area contributed by atoms with Gasteiger partial charge >= 0.3 is 0 Å². The second-order valence-corrected chi connectivity index (χ2v) is 9.99. The van der Waals surface area contributed by atoms with Gasteiger partial charge < -0.3 is 15.2 Å². The van der Waals surface area contributed by atoms with Crippen LogP contribution in [0.4, 0.5) is 0 Å². The molecule has 0 atom stereocenters. The molecule has 29 heavy (non-hydrogen) atoms. The second kappa shape index (κ2) is 13.7. The average molecular weight is 560 g/mol.